The van der Waals surface area contributed by atoms with E-state index in [-0.39, 0.29) is 24.4 Å². The van der Waals surface area contributed by atoms with E-state index in [4.69, 9.17) is 5.73 Å². The minimum Gasteiger partial charge on any atom is -0.368 e. The minimum absolute atomic E-state index is 0. The van der Waals surface area contributed by atoms with Gasteiger partial charge in [-0.15, -0.1) is 12.4 Å². The molecule has 0 aromatic carbocycles. The molecular weight excluding hydrogens is 152 g/mol. The van der Waals surface area contributed by atoms with E-state index in [9.17, 15) is 4.79 Å². The summed E-state index contributed by atoms with van der Waals surface area (Å²) in [6, 6.07) is 0.608. The number of carbonyl (C=O) groups excluding carboxylic acids is 1. The van der Waals surface area contributed by atoms with Crippen LogP contribution >= 0.6 is 12.4 Å². The van der Waals surface area contributed by atoms with Crippen molar-refractivity contribution in [2.45, 2.75) is 24.9 Å². The number of amides is 1. The molecule has 4 heteroatoms. The Kier molecular flexibility index (Phi) is 1.88. The van der Waals surface area contributed by atoms with Crippen LogP contribution in [-0.2, 0) is 4.79 Å². The molecule has 2 fully saturated rings. The van der Waals surface area contributed by atoms with Crippen LogP contribution in [0.4, 0.5) is 0 Å². The summed E-state index contributed by atoms with van der Waals surface area (Å²) in [6.45, 7) is 0. The van der Waals surface area contributed by atoms with Gasteiger partial charge in [0.2, 0.25) is 5.91 Å². The number of primary amides is 1. The first kappa shape index (κ1) is 7.82. The maximum Gasteiger partial charge on any atom is 0.234 e. The molecule has 0 radical (unpaired) electrons. The van der Waals surface area contributed by atoms with Crippen LogP contribution in [0.25, 0.3) is 0 Å². The van der Waals surface area contributed by atoms with Crippen molar-refractivity contribution in [1.82, 2.24) is 5.32 Å². The molecule has 0 bridgehead atoms. The monoisotopic (exact) mass is 162 g/mol. The average Bonchev–Trinajstić information content (AvgIpc) is 2.40. The highest BCUT2D eigenvalue weighted by Crippen LogP contribution is 2.40. The van der Waals surface area contributed by atoms with Crippen molar-refractivity contribution < 1.29 is 4.79 Å². The predicted octanol–water partition coefficient (Wildman–Crippen LogP) is -0.356. The summed E-state index contributed by atoms with van der Waals surface area (Å²) in [5.41, 5.74) is 5.08. The van der Waals surface area contributed by atoms with E-state index in [1.54, 1.807) is 0 Å². The number of halogens is 1. The van der Waals surface area contributed by atoms with Crippen molar-refractivity contribution in [1.29, 1.82) is 0 Å². The van der Waals surface area contributed by atoms with Gasteiger partial charge in [0.15, 0.2) is 0 Å². The van der Waals surface area contributed by atoms with Crippen LogP contribution in [0.1, 0.15) is 12.8 Å². The van der Waals surface area contributed by atoms with Crippen LogP contribution in [0.2, 0.25) is 0 Å². The van der Waals surface area contributed by atoms with E-state index >= 15 is 0 Å². The molecule has 3 nitrogen and oxygen atoms in total. The molecule has 1 aliphatic heterocycles. The molecule has 2 aliphatic rings. The van der Waals surface area contributed by atoms with E-state index in [2.05, 4.69) is 5.32 Å². The normalized spacial score (nSPS) is 41.8. The molecule has 10 heavy (non-hydrogen) atoms. The van der Waals surface area contributed by atoms with Crippen LogP contribution in [0, 0.1) is 5.92 Å². The largest absolute Gasteiger partial charge is 0.368 e. The minimum atomic E-state index is -0.192. The highest BCUT2D eigenvalue weighted by molar-refractivity contribution is 5.85. The lowest BCUT2D eigenvalue weighted by atomic mass is 10.2. The summed E-state index contributed by atoms with van der Waals surface area (Å²) in [6.07, 6.45) is 2.23. The predicted molar refractivity (Wildman–Crippen MR) is 39.9 cm³/mol. The maximum atomic E-state index is 10.5. The molecule has 1 saturated carbocycles. The first-order valence-electron chi connectivity index (χ1n) is 3.33. The lowest BCUT2D eigenvalue weighted by molar-refractivity contribution is -0.119. The van der Waals surface area contributed by atoms with Crippen LogP contribution < -0.4 is 11.1 Å². The Morgan fingerprint density at radius 1 is 1.50 bits per heavy atom. The molecule has 1 amide bonds. The number of fused-ring (bicyclic) bond motifs is 1. The van der Waals surface area contributed by atoms with Gasteiger partial charge in [-0.2, -0.15) is 0 Å². The van der Waals surface area contributed by atoms with E-state index in [0.29, 0.717) is 6.04 Å². The number of piperidine rings is 1. The van der Waals surface area contributed by atoms with Crippen LogP contribution in [0.3, 0.4) is 0 Å². The standard InChI is InChI=1S/C6H10N2O.ClH/c7-6(9)5-2-3-1-4(3)8-5;/h3-5,8H,1-2H2,(H2,7,9);1H. The van der Waals surface area contributed by atoms with Gasteiger partial charge in [-0.25, -0.2) is 0 Å². The van der Waals surface area contributed by atoms with E-state index in [1.165, 1.54) is 6.42 Å². The molecule has 0 spiro atoms. The van der Waals surface area contributed by atoms with Crippen molar-refractivity contribution in [3.05, 3.63) is 0 Å². The molecule has 0 aromatic rings. The zero-order chi connectivity index (χ0) is 6.43. The molecule has 3 atom stereocenters. The lowest BCUT2D eigenvalue weighted by Gasteiger charge is -2.06. The summed E-state index contributed by atoms with van der Waals surface area (Å²) in [5, 5.41) is 3.15. The number of nitrogens with two attached hydrogens (primary N) is 1. The van der Waals surface area contributed by atoms with Crippen molar-refractivity contribution in [3.63, 3.8) is 0 Å². The van der Waals surface area contributed by atoms with Gasteiger partial charge in [0.1, 0.15) is 0 Å². The summed E-state index contributed by atoms with van der Waals surface area (Å²) < 4.78 is 0. The van der Waals surface area contributed by atoms with Crippen molar-refractivity contribution in [3.8, 4) is 0 Å². The summed E-state index contributed by atoms with van der Waals surface area (Å²) in [5.74, 6) is 0.574. The molecule has 0 aromatic heterocycles. The second kappa shape index (κ2) is 2.40. The zero-order valence-corrected chi connectivity index (χ0v) is 6.36. The van der Waals surface area contributed by atoms with Crippen molar-refractivity contribution in [2.24, 2.45) is 11.7 Å². The maximum absolute atomic E-state index is 10.5. The smallest absolute Gasteiger partial charge is 0.234 e. The molecule has 1 aliphatic carbocycles. The Morgan fingerprint density at radius 2 is 2.20 bits per heavy atom. The third-order valence-electron chi connectivity index (χ3n) is 2.22. The Labute approximate surface area is 65.8 Å². The third kappa shape index (κ3) is 1.11. The third-order valence-corrected chi connectivity index (χ3v) is 2.22. The topological polar surface area (TPSA) is 55.1 Å². The Morgan fingerprint density at radius 3 is 2.50 bits per heavy atom. The zero-order valence-electron chi connectivity index (χ0n) is 5.54. The van der Waals surface area contributed by atoms with Gasteiger partial charge in [-0.1, -0.05) is 0 Å². The molecule has 3 N–H and O–H groups in total. The SMILES string of the molecule is Cl.NC(=O)C1CC2CC2N1. The summed E-state index contributed by atoms with van der Waals surface area (Å²) in [7, 11) is 0. The van der Waals surface area contributed by atoms with Gasteiger partial charge in [-0.3, -0.25) is 4.79 Å². The van der Waals surface area contributed by atoms with E-state index in [0.717, 1.165) is 12.3 Å². The number of carbonyl (C=O) groups is 1. The van der Waals surface area contributed by atoms with Gasteiger partial charge < -0.3 is 11.1 Å². The van der Waals surface area contributed by atoms with Gasteiger partial charge >= 0.3 is 0 Å². The fourth-order valence-electron chi connectivity index (χ4n) is 1.54. The van der Waals surface area contributed by atoms with Crippen molar-refractivity contribution >= 4 is 18.3 Å². The Balaban J connectivity index is 0.000000500. The Hall–Kier alpha value is -0.280. The quantitative estimate of drug-likeness (QED) is 0.554. The van der Waals surface area contributed by atoms with Gasteiger partial charge in [-0.05, 0) is 18.8 Å². The number of hydrogen-bond acceptors (Lipinski definition) is 2. The first-order valence-corrected chi connectivity index (χ1v) is 3.33. The molecule has 1 saturated heterocycles. The van der Waals surface area contributed by atoms with E-state index in [1.807, 2.05) is 0 Å². The second-order valence-electron chi connectivity index (χ2n) is 2.96. The van der Waals surface area contributed by atoms with Crippen molar-refractivity contribution in [2.75, 3.05) is 0 Å². The lowest BCUT2D eigenvalue weighted by Crippen LogP contribution is -2.38. The van der Waals surface area contributed by atoms with Crippen LogP contribution in [-0.4, -0.2) is 18.0 Å². The van der Waals surface area contributed by atoms with Gasteiger partial charge in [0.25, 0.3) is 0 Å². The fraction of sp³-hybridized carbons (Fsp3) is 0.833. The summed E-state index contributed by atoms with van der Waals surface area (Å²) in [4.78, 5) is 10.5. The number of hydrogen-bond donors (Lipinski definition) is 2. The highest BCUT2D eigenvalue weighted by Gasteiger charge is 2.47. The fourth-order valence-corrected chi connectivity index (χ4v) is 1.54. The molecule has 58 valence electrons. The molecule has 3 unspecified atom stereocenters. The molecule has 2 rings (SSSR count). The number of nitrogens with one attached hydrogen (secondary N) is 1. The Bertz CT molecular complexity index is 152. The molecule has 1 heterocycles. The molecular formula is C6H11ClN2O. The van der Waals surface area contributed by atoms with Crippen LogP contribution in [0.15, 0.2) is 0 Å². The van der Waals surface area contributed by atoms with Gasteiger partial charge in [0.05, 0.1) is 6.04 Å². The highest BCUT2D eigenvalue weighted by atomic mass is 35.5. The van der Waals surface area contributed by atoms with Crippen LogP contribution in [0.5, 0.6) is 0 Å². The average molecular weight is 163 g/mol. The second-order valence-corrected chi connectivity index (χ2v) is 2.96. The summed E-state index contributed by atoms with van der Waals surface area (Å²) >= 11 is 0. The first-order chi connectivity index (χ1) is 4.27. The van der Waals surface area contributed by atoms with E-state index < -0.39 is 0 Å². The van der Waals surface area contributed by atoms with Gasteiger partial charge in [0, 0.05) is 6.04 Å². The number of rotatable bonds is 1.